The van der Waals surface area contributed by atoms with Crippen molar-refractivity contribution in [2.45, 2.75) is 0 Å². The topological polar surface area (TPSA) is 179 Å². The predicted octanol–water partition coefficient (Wildman–Crippen LogP) is 13.8. The second-order valence-electron chi connectivity index (χ2n) is 18.7. The highest BCUT2D eigenvalue weighted by Crippen LogP contribution is 2.37. The molecule has 0 aliphatic rings. The van der Waals surface area contributed by atoms with Crippen molar-refractivity contribution in [1.82, 2.24) is 59.0 Å². The Hall–Kier alpha value is -9.04. The first-order valence-corrected chi connectivity index (χ1v) is 27.6. The van der Waals surface area contributed by atoms with E-state index in [1.54, 1.807) is 18.3 Å². The van der Waals surface area contributed by atoms with Gasteiger partial charge in [-0.15, -0.1) is 0 Å². The molecule has 80 heavy (non-hydrogen) atoms. The first-order valence-electron chi connectivity index (χ1n) is 25.2. The molecule has 0 aliphatic heterocycles. The van der Waals surface area contributed by atoms with Crippen molar-refractivity contribution in [3.63, 3.8) is 0 Å². The lowest BCUT2D eigenvalue weighted by molar-refractivity contribution is 0.426. The lowest BCUT2D eigenvalue weighted by Crippen LogP contribution is -2.30. The number of nitrogens with zero attached hydrogens (tertiary/aromatic N) is 12. The van der Waals surface area contributed by atoms with Gasteiger partial charge >= 0.3 is 7.12 Å². The monoisotopic (exact) mass is 1230 g/mol. The van der Waals surface area contributed by atoms with Gasteiger partial charge in [-0.2, -0.15) is 0 Å². The van der Waals surface area contributed by atoms with Gasteiger partial charge in [-0.1, -0.05) is 97.1 Å². The summed E-state index contributed by atoms with van der Waals surface area (Å²) in [4.78, 5) is 46.9. The van der Waals surface area contributed by atoms with Crippen LogP contribution in [0.3, 0.4) is 0 Å². The lowest BCUT2D eigenvalue weighted by Gasteiger charge is -2.12. The van der Waals surface area contributed by atoms with E-state index >= 15 is 0 Å². The number of fused-ring (bicyclic) bond motifs is 14. The Morgan fingerprint density at radius 1 is 0.338 bits per heavy atom. The van der Waals surface area contributed by atoms with E-state index in [1.807, 2.05) is 104 Å². The minimum Gasteiger partial charge on any atom is -0.423 e. The van der Waals surface area contributed by atoms with Gasteiger partial charge in [0.25, 0.3) is 0 Å². The maximum absolute atomic E-state index is 9.04. The minimum atomic E-state index is -1.46. The fourth-order valence-corrected chi connectivity index (χ4v) is 12.0. The fraction of sp³-hybridized carbons (Fsp3) is 0. The molecule has 14 nitrogen and oxygen atoms in total. The second kappa shape index (κ2) is 20.3. The number of hydrogen-bond donors (Lipinski definition) is 2. The van der Waals surface area contributed by atoms with E-state index < -0.39 is 7.12 Å². The number of pyridine rings is 6. The Kier molecular flexibility index (Phi) is 12.5. The molecule has 0 spiro atoms. The molecule has 0 radical (unpaired) electrons. The van der Waals surface area contributed by atoms with Crippen molar-refractivity contribution in [2.75, 3.05) is 0 Å². The summed E-state index contributed by atoms with van der Waals surface area (Å²) < 4.78 is 5.99. The molecule has 16 rings (SSSR count). The van der Waals surface area contributed by atoms with E-state index in [0.29, 0.717) is 20.4 Å². The van der Waals surface area contributed by atoms with Crippen LogP contribution in [0.2, 0.25) is 0 Å². The third kappa shape index (κ3) is 8.56. The molecule has 0 saturated heterocycles. The molecule has 0 bridgehead atoms. The van der Waals surface area contributed by atoms with E-state index in [-0.39, 0.29) is 0 Å². The van der Waals surface area contributed by atoms with E-state index in [2.05, 4.69) is 167 Å². The highest BCUT2D eigenvalue weighted by atomic mass is 79.9. The van der Waals surface area contributed by atoms with E-state index in [9.17, 15) is 0 Å². The SMILES string of the molecule is Brc1nc(-c2cccc3cccnc23)c2ccc3ccc(-n4c5ccccc5c5cccnc54)nc3c2n1.Brc1nc(Br)c2ccc3ccc(-n4c5ccccc5c5cccnc54)nc3c2n1.OB(O)c1cccc2cccnc12. The molecular weight excluding hydrogens is 1200 g/mol. The van der Waals surface area contributed by atoms with Crippen LogP contribution in [0.5, 0.6) is 0 Å². The average Bonchev–Trinajstić information content (AvgIpc) is 4.08. The van der Waals surface area contributed by atoms with Gasteiger partial charge < -0.3 is 10.0 Å². The van der Waals surface area contributed by atoms with E-state index in [0.717, 1.165) is 131 Å². The summed E-state index contributed by atoms with van der Waals surface area (Å²) in [5.74, 6) is 1.60. The van der Waals surface area contributed by atoms with Gasteiger partial charge in [0.2, 0.25) is 0 Å². The minimum absolute atomic E-state index is 0.443. The normalized spacial score (nSPS) is 11.6. The standard InChI is InChI=1S/C31H17BrN6.C22H11Br2N5.C9H8BNO2/c32-31-36-28(22-9-3-6-18-7-4-16-33-26(18)22)23-14-12-19-13-15-25(35-27(19)29(23)37-31)38-24-11-2-1-8-20(24)21-10-5-17-34-30(21)38;23-20-15-9-7-12-8-10-17(26-18(12)19(15)27-22(24)28-20)29-16-6-2-1-4-13(16)14-5-3-11-25-21(14)29;12-10(13)8-5-1-3-7-4-2-6-11-9(7)8/h1-17H;1-11H;1-6,12-13H. The molecule has 380 valence electrons. The Bertz CT molecular complexity index is 5040. The van der Waals surface area contributed by atoms with Crippen molar-refractivity contribution in [2.24, 2.45) is 0 Å². The number of aromatic nitrogens is 12. The van der Waals surface area contributed by atoms with Gasteiger partial charge in [0.05, 0.1) is 38.8 Å². The van der Waals surface area contributed by atoms with Crippen LogP contribution in [0.25, 0.3) is 132 Å². The Labute approximate surface area is 479 Å². The van der Waals surface area contributed by atoms with Crippen molar-refractivity contribution >= 4 is 170 Å². The molecule has 0 fully saturated rings. The highest BCUT2D eigenvalue weighted by molar-refractivity contribution is 9.11. The number of halogens is 3. The van der Waals surface area contributed by atoms with Crippen molar-refractivity contribution in [3.8, 4) is 22.9 Å². The Morgan fingerprint density at radius 2 is 0.800 bits per heavy atom. The molecule has 16 aromatic rings. The quantitative estimate of drug-likeness (QED) is 0.0738. The van der Waals surface area contributed by atoms with Gasteiger partial charge in [-0.05, 0) is 138 Å². The van der Waals surface area contributed by atoms with Gasteiger partial charge in [0.15, 0.2) is 9.47 Å². The highest BCUT2D eigenvalue weighted by Gasteiger charge is 2.20. The Balaban J connectivity index is 0.000000121. The summed E-state index contributed by atoms with van der Waals surface area (Å²) in [5.41, 5.74) is 10.9. The van der Waals surface area contributed by atoms with Gasteiger partial charge in [0.1, 0.15) is 38.6 Å². The Morgan fingerprint density at radius 3 is 1.41 bits per heavy atom. The predicted molar refractivity (Wildman–Crippen MR) is 329 cm³/mol. The molecule has 6 aromatic carbocycles. The zero-order valence-electron chi connectivity index (χ0n) is 41.6. The van der Waals surface area contributed by atoms with E-state index in [4.69, 9.17) is 35.0 Å². The van der Waals surface area contributed by atoms with Crippen LogP contribution in [0, 0.1) is 0 Å². The number of rotatable bonds is 4. The van der Waals surface area contributed by atoms with Gasteiger partial charge in [-0.3, -0.25) is 19.1 Å². The lowest BCUT2D eigenvalue weighted by atomic mass is 9.79. The van der Waals surface area contributed by atoms with Crippen molar-refractivity contribution in [1.29, 1.82) is 0 Å². The molecule has 0 amide bonds. The summed E-state index contributed by atoms with van der Waals surface area (Å²) in [6.45, 7) is 0. The first kappa shape index (κ1) is 49.3. The molecule has 0 atom stereocenters. The molecule has 0 unspecified atom stereocenters. The molecule has 10 aromatic heterocycles. The van der Waals surface area contributed by atoms with Crippen LogP contribution in [-0.4, -0.2) is 76.1 Å². The largest absolute Gasteiger partial charge is 0.490 e. The molecule has 2 N–H and O–H groups in total. The maximum Gasteiger partial charge on any atom is 0.490 e. The number of benzene rings is 6. The zero-order chi connectivity index (χ0) is 54.0. The second-order valence-corrected chi connectivity index (χ2v) is 20.8. The zero-order valence-corrected chi connectivity index (χ0v) is 46.4. The molecule has 18 heteroatoms. The third-order valence-electron chi connectivity index (χ3n) is 14.1. The van der Waals surface area contributed by atoms with Crippen LogP contribution in [-0.2, 0) is 0 Å². The summed E-state index contributed by atoms with van der Waals surface area (Å²) >= 11 is 10.5. The number of para-hydroxylation sites is 4. The fourth-order valence-electron chi connectivity index (χ4n) is 10.6. The van der Waals surface area contributed by atoms with Gasteiger partial charge in [-0.25, -0.2) is 39.9 Å². The molecular formula is C62H36BBr3N12O2. The molecule has 0 aliphatic carbocycles. The van der Waals surface area contributed by atoms with Crippen LogP contribution >= 0.6 is 47.8 Å². The van der Waals surface area contributed by atoms with E-state index in [1.165, 1.54) is 0 Å². The third-order valence-corrected chi connectivity index (χ3v) is 15.4. The number of hydrogen-bond acceptors (Lipinski definition) is 12. The van der Waals surface area contributed by atoms with Gasteiger partial charge in [0, 0.05) is 84.3 Å². The van der Waals surface area contributed by atoms with Crippen LogP contribution in [0.15, 0.2) is 221 Å². The van der Waals surface area contributed by atoms with Crippen LogP contribution < -0.4 is 5.46 Å². The first-order chi connectivity index (χ1) is 39.3. The molecule has 10 heterocycles. The van der Waals surface area contributed by atoms with Crippen LogP contribution in [0.1, 0.15) is 0 Å². The summed E-state index contributed by atoms with van der Waals surface area (Å²) in [5, 5.41) is 28.4. The summed E-state index contributed by atoms with van der Waals surface area (Å²) in [7, 11) is -1.46. The summed E-state index contributed by atoms with van der Waals surface area (Å²) in [6.07, 6.45) is 7.08. The average molecular weight is 1230 g/mol. The van der Waals surface area contributed by atoms with Crippen LogP contribution in [0.4, 0.5) is 0 Å². The molecule has 0 saturated carbocycles. The maximum atomic E-state index is 9.04. The van der Waals surface area contributed by atoms with Crippen molar-refractivity contribution < 1.29 is 10.0 Å². The van der Waals surface area contributed by atoms with Crippen molar-refractivity contribution in [3.05, 3.63) is 221 Å². The smallest absolute Gasteiger partial charge is 0.423 e. The summed E-state index contributed by atoms with van der Waals surface area (Å²) in [6, 6.07) is 60.4.